The van der Waals surface area contributed by atoms with E-state index in [2.05, 4.69) is 11.5 Å². The van der Waals surface area contributed by atoms with Gasteiger partial charge in [0, 0.05) is 17.9 Å². The lowest BCUT2D eigenvalue weighted by Gasteiger charge is -2.07. The van der Waals surface area contributed by atoms with Gasteiger partial charge in [0.25, 0.3) is 0 Å². The molecule has 0 bridgehead atoms. The summed E-state index contributed by atoms with van der Waals surface area (Å²) in [5.41, 5.74) is 3.97. The number of aryl methyl sites for hydroxylation is 1. The van der Waals surface area contributed by atoms with E-state index in [9.17, 15) is 10.1 Å². The largest absolute Gasteiger partial charge is 0.457 e. The number of rotatable bonds is 6. The van der Waals surface area contributed by atoms with Crippen LogP contribution in [0.15, 0.2) is 42.0 Å². The van der Waals surface area contributed by atoms with E-state index in [1.54, 1.807) is 6.08 Å². The lowest BCUT2D eigenvalue weighted by Crippen LogP contribution is -2.07. The highest BCUT2D eigenvalue weighted by Crippen LogP contribution is 2.19. The molecule has 124 valence electrons. The predicted molar refractivity (Wildman–Crippen MR) is 94.0 cm³/mol. The Morgan fingerprint density at radius 3 is 2.62 bits per heavy atom. The van der Waals surface area contributed by atoms with Gasteiger partial charge in [-0.05, 0) is 43.5 Å². The molecule has 0 aliphatic rings. The van der Waals surface area contributed by atoms with Crippen LogP contribution in [0.2, 0.25) is 0 Å². The maximum atomic E-state index is 12.2. The van der Waals surface area contributed by atoms with Gasteiger partial charge >= 0.3 is 5.97 Å². The summed E-state index contributed by atoms with van der Waals surface area (Å²) in [6.45, 7) is 7.23. The molecule has 0 saturated heterocycles. The van der Waals surface area contributed by atoms with Crippen LogP contribution in [-0.4, -0.2) is 10.5 Å². The van der Waals surface area contributed by atoms with E-state index in [4.69, 9.17) is 4.74 Å². The van der Waals surface area contributed by atoms with Gasteiger partial charge < -0.3 is 9.30 Å². The van der Waals surface area contributed by atoms with Gasteiger partial charge in [-0.2, -0.15) is 5.26 Å². The highest BCUT2D eigenvalue weighted by Gasteiger charge is 2.14. The van der Waals surface area contributed by atoms with Crippen molar-refractivity contribution < 1.29 is 9.53 Å². The van der Waals surface area contributed by atoms with Gasteiger partial charge in [-0.15, -0.1) is 0 Å². The van der Waals surface area contributed by atoms with Crippen molar-refractivity contribution in [3.63, 3.8) is 0 Å². The monoisotopic (exact) mass is 322 g/mol. The zero-order valence-corrected chi connectivity index (χ0v) is 14.4. The van der Waals surface area contributed by atoms with E-state index in [1.807, 2.05) is 56.3 Å². The van der Waals surface area contributed by atoms with Crippen LogP contribution >= 0.6 is 0 Å². The summed E-state index contributed by atoms with van der Waals surface area (Å²) in [5, 5.41) is 9.30. The Hall–Kier alpha value is -2.80. The minimum Gasteiger partial charge on any atom is -0.457 e. The fraction of sp³-hybridized carbons (Fsp3) is 0.300. The molecule has 0 radical (unpaired) electrons. The summed E-state index contributed by atoms with van der Waals surface area (Å²) in [6, 6.07) is 13.4. The average molecular weight is 322 g/mol. The SMILES string of the molecule is CCCn1c(C)cc(/C=C(\C#N)C(=O)OCc2ccccc2)c1C. The van der Waals surface area contributed by atoms with Gasteiger partial charge in [0.05, 0.1) is 0 Å². The average Bonchev–Trinajstić information content (AvgIpc) is 2.86. The fourth-order valence-electron chi connectivity index (χ4n) is 2.63. The smallest absolute Gasteiger partial charge is 0.349 e. The van der Waals surface area contributed by atoms with Crippen LogP contribution in [0.3, 0.4) is 0 Å². The van der Waals surface area contributed by atoms with Gasteiger partial charge in [0.2, 0.25) is 0 Å². The second-order valence-corrected chi connectivity index (χ2v) is 5.71. The molecule has 0 aliphatic carbocycles. The van der Waals surface area contributed by atoms with Crippen LogP contribution in [0.4, 0.5) is 0 Å². The molecule has 0 spiro atoms. The number of nitrogens with zero attached hydrogens (tertiary/aromatic N) is 2. The fourth-order valence-corrected chi connectivity index (χ4v) is 2.63. The van der Waals surface area contributed by atoms with Crippen LogP contribution in [0, 0.1) is 25.2 Å². The molecule has 1 aromatic heterocycles. The number of carbonyl (C=O) groups excluding carboxylic acids is 1. The minimum absolute atomic E-state index is 0.0164. The minimum atomic E-state index is -0.596. The van der Waals surface area contributed by atoms with Gasteiger partial charge in [-0.3, -0.25) is 0 Å². The van der Waals surface area contributed by atoms with Gasteiger partial charge in [-0.25, -0.2) is 4.79 Å². The Bertz CT molecular complexity index is 780. The number of hydrogen-bond acceptors (Lipinski definition) is 3. The van der Waals surface area contributed by atoms with Gasteiger partial charge in [-0.1, -0.05) is 37.3 Å². The first-order valence-corrected chi connectivity index (χ1v) is 8.06. The first kappa shape index (κ1) is 17.6. The van der Waals surface area contributed by atoms with E-state index in [0.29, 0.717) is 0 Å². The van der Waals surface area contributed by atoms with Crippen molar-refractivity contribution in [3.05, 3.63) is 64.5 Å². The summed E-state index contributed by atoms with van der Waals surface area (Å²) < 4.78 is 7.43. The van der Waals surface area contributed by atoms with E-state index in [-0.39, 0.29) is 12.2 Å². The van der Waals surface area contributed by atoms with Crippen LogP contribution in [0.1, 0.15) is 35.9 Å². The molecular weight excluding hydrogens is 300 g/mol. The highest BCUT2D eigenvalue weighted by atomic mass is 16.5. The molecular formula is C20H22N2O2. The normalized spacial score (nSPS) is 11.2. The van der Waals surface area contributed by atoms with Crippen molar-refractivity contribution in [2.24, 2.45) is 0 Å². The van der Waals surface area contributed by atoms with Crippen molar-refractivity contribution in [1.29, 1.82) is 5.26 Å². The third-order valence-electron chi connectivity index (χ3n) is 3.91. The second kappa shape index (κ2) is 8.16. The lowest BCUT2D eigenvalue weighted by atomic mass is 10.1. The zero-order valence-electron chi connectivity index (χ0n) is 14.4. The molecule has 1 aromatic carbocycles. The molecule has 1 heterocycles. The van der Waals surface area contributed by atoms with E-state index >= 15 is 0 Å². The molecule has 0 fully saturated rings. The van der Waals surface area contributed by atoms with Crippen molar-refractivity contribution >= 4 is 12.0 Å². The summed E-state index contributed by atoms with van der Waals surface area (Å²) in [6.07, 6.45) is 2.64. The molecule has 0 saturated carbocycles. The molecule has 0 N–H and O–H groups in total. The van der Waals surface area contributed by atoms with Crippen molar-refractivity contribution in [2.45, 2.75) is 40.3 Å². The van der Waals surface area contributed by atoms with Crippen LogP contribution in [0.25, 0.3) is 6.08 Å². The molecule has 0 unspecified atom stereocenters. The highest BCUT2D eigenvalue weighted by molar-refractivity contribution is 5.98. The van der Waals surface area contributed by atoms with E-state index < -0.39 is 5.97 Å². The number of benzene rings is 1. The molecule has 24 heavy (non-hydrogen) atoms. The number of nitriles is 1. The lowest BCUT2D eigenvalue weighted by molar-refractivity contribution is -0.139. The first-order valence-electron chi connectivity index (χ1n) is 8.06. The summed E-state index contributed by atoms with van der Waals surface area (Å²) in [7, 11) is 0. The number of aromatic nitrogens is 1. The maximum Gasteiger partial charge on any atom is 0.349 e. The Morgan fingerprint density at radius 1 is 1.29 bits per heavy atom. The third kappa shape index (κ3) is 4.14. The van der Waals surface area contributed by atoms with E-state index in [1.165, 1.54) is 0 Å². The molecule has 0 aliphatic heterocycles. The Morgan fingerprint density at radius 2 is 2.00 bits per heavy atom. The maximum absolute atomic E-state index is 12.2. The Balaban J connectivity index is 2.16. The number of carbonyl (C=O) groups is 1. The molecule has 0 atom stereocenters. The third-order valence-corrected chi connectivity index (χ3v) is 3.91. The molecule has 4 nitrogen and oxygen atoms in total. The van der Waals surface area contributed by atoms with Crippen LogP contribution in [-0.2, 0) is 22.7 Å². The Labute approximate surface area is 143 Å². The van der Waals surface area contributed by atoms with Crippen molar-refractivity contribution in [3.8, 4) is 6.07 Å². The molecule has 2 rings (SSSR count). The Kier molecular flexibility index (Phi) is 5.97. The van der Waals surface area contributed by atoms with Crippen LogP contribution in [0.5, 0.6) is 0 Å². The van der Waals surface area contributed by atoms with E-state index in [0.717, 1.165) is 35.5 Å². The summed E-state index contributed by atoms with van der Waals surface area (Å²) in [4.78, 5) is 12.2. The zero-order chi connectivity index (χ0) is 17.5. The summed E-state index contributed by atoms with van der Waals surface area (Å²) in [5.74, 6) is -0.596. The molecule has 0 amide bonds. The standard InChI is InChI=1S/C20H22N2O2/c1-4-10-22-15(2)11-18(16(22)3)12-19(13-21)20(23)24-14-17-8-6-5-7-9-17/h5-9,11-12H,4,10,14H2,1-3H3/b19-12+. The van der Waals surface area contributed by atoms with Crippen LogP contribution < -0.4 is 0 Å². The second-order valence-electron chi connectivity index (χ2n) is 5.71. The number of esters is 1. The first-order chi connectivity index (χ1) is 11.6. The summed E-state index contributed by atoms with van der Waals surface area (Å²) >= 11 is 0. The quantitative estimate of drug-likeness (QED) is 0.456. The van der Waals surface area contributed by atoms with Gasteiger partial charge in [0.15, 0.2) is 0 Å². The number of hydrogen-bond donors (Lipinski definition) is 0. The van der Waals surface area contributed by atoms with Gasteiger partial charge in [0.1, 0.15) is 18.2 Å². The molecule has 2 aromatic rings. The van der Waals surface area contributed by atoms with Crippen molar-refractivity contribution in [1.82, 2.24) is 4.57 Å². The predicted octanol–water partition coefficient (Wildman–Crippen LogP) is 4.17. The topological polar surface area (TPSA) is 55.0 Å². The van der Waals surface area contributed by atoms with Crippen molar-refractivity contribution in [2.75, 3.05) is 0 Å². The number of ether oxygens (including phenoxy) is 1. The molecule has 4 heteroatoms.